The average molecular weight is 869 g/mol. The van der Waals surface area contributed by atoms with Gasteiger partial charge in [-0.15, -0.1) is 10.2 Å². The third kappa shape index (κ3) is 19.8. The number of carbonyl (C=O) groups excluding carboxylic acids is 7. The van der Waals surface area contributed by atoms with Gasteiger partial charge in [-0.05, 0) is 26.7 Å². The number of thiol groups is 1. The number of carboxylic acids is 3. The minimum atomic E-state index is -4.08. The molecule has 0 fully saturated rings. The van der Waals surface area contributed by atoms with E-state index in [-0.39, 0.29) is 43.1 Å². The van der Waals surface area contributed by atoms with Crippen molar-refractivity contribution in [3.05, 3.63) is 0 Å². The molecule has 0 spiro atoms. The van der Waals surface area contributed by atoms with Gasteiger partial charge in [-0.3, -0.25) is 43.2 Å². The number of hydrogen-bond acceptors (Lipinski definition) is 16. The molecule has 5 atom stereocenters. The van der Waals surface area contributed by atoms with Crippen LogP contribution in [0.4, 0.5) is 5.13 Å². The summed E-state index contributed by atoms with van der Waals surface area (Å²) in [5.41, 5.74) is 0. The molecule has 0 aliphatic rings. The van der Waals surface area contributed by atoms with Crippen molar-refractivity contribution in [3.63, 3.8) is 0 Å². The number of hydrogen-bond donors (Lipinski definition) is 12. The lowest BCUT2D eigenvalue weighted by Crippen LogP contribution is -2.58. The smallest absolute Gasteiger partial charge is 0.327 e. The van der Waals surface area contributed by atoms with Gasteiger partial charge in [0.05, 0.1) is 12.8 Å². The molecule has 0 saturated heterocycles. The van der Waals surface area contributed by atoms with Gasteiger partial charge in [0, 0.05) is 31.6 Å². The Balaban J connectivity index is 2.57. The third-order valence-corrected chi connectivity index (χ3v) is 9.74. The van der Waals surface area contributed by atoms with Gasteiger partial charge in [-0.25, -0.2) is 18.4 Å². The summed E-state index contributed by atoms with van der Waals surface area (Å²) in [7, 11) is -4.08. The highest BCUT2D eigenvalue weighted by Crippen LogP contribution is 2.18. The number of carbonyl (C=O) groups is 10. The number of aliphatic carboxylic acids is 3. The first-order chi connectivity index (χ1) is 26.5. The zero-order valence-corrected chi connectivity index (χ0v) is 33.0. The molecule has 1 heterocycles. The van der Waals surface area contributed by atoms with Crippen LogP contribution < -0.4 is 42.4 Å². The fraction of sp³-hybridized carbons (Fsp3) is 0.586. The Labute approximate surface area is 333 Å². The maximum absolute atomic E-state index is 12.9. The molecule has 0 aliphatic carbocycles. The van der Waals surface area contributed by atoms with Crippen molar-refractivity contribution in [1.29, 1.82) is 0 Å². The van der Waals surface area contributed by atoms with E-state index in [1.54, 1.807) is 0 Å². The number of nitrogens with two attached hydrogens (primary N) is 1. The van der Waals surface area contributed by atoms with Crippen molar-refractivity contribution in [2.45, 2.75) is 99.8 Å². The second kappa shape index (κ2) is 24.2. The fourth-order valence-electron chi connectivity index (χ4n) is 4.26. The highest BCUT2D eigenvalue weighted by atomic mass is 32.2. The Hall–Kier alpha value is -5.48. The van der Waals surface area contributed by atoms with E-state index in [1.165, 1.54) is 6.92 Å². The number of anilines is 1. The summed E-state index contributed by atoms with van der Waals surface area (Å²) in [4.78, 5) is 121. The van der Waals surface area contributed by atoms with Crippen LogP contribution in [0.25, 0.3) is 0 Å². The Morgan fingerprint density at radius 2 is 1.18 bits per heavy atom. The number of primary sulfonamides is 1. The predicted octanol–water partition coefficient (Wildman–Crippen LogP) is -3.99. The predicted molar refractivity (Wildman–Crippen MR) is 198 cm³/mol. The summed E-state index contributed by atoms with van der Waals surface area (Å²) in [6, 6.07) is -7.68. The monoisotopic (exact) mass is 868 g/mol. The summed E-state index contributed by atoms with van der Waals surface area (Å²) in [5, 5.41) is 54.9. The van der Waals surface area contributed by atoms with E-state index in [0.717, 1.165) is 6.92 Å². The number of nitrogens with zero attached hydrogens (tertiary/aromatic N) is 2. The second-order valence-electron chi connectivity index (χ2n) is 12.0. The summed E-state index contributed by atoms with van der Waals surface area (Å²) >= 11 is 4.35. The van der Waals surface area contributed by atoms with Crippen LogP contribution >= 0.6 is 24.0 Å². The Bertz CT molecular complexity index is 1780. The minimum Gasteiger partial charge on any atom is -0.481 e. The Morgan fingerprint density at radius 3 is 1.65 bits per heavy atom. The minimum absolute atomic E-state index is 0.116. The summed E-state index contributed by atoms with van der Waals surface area (Å²) < 4.78 is 22.0. The molecule has 28 heteroatoms. The molecule has 0 bridgehead atoms. The van der Waals surface area contributed by atoms with Crippen LogP contribution in [0, 0.1) is 0 Å². The van der Waals surface area contributed by atoms with Crippen LogP contribution in [0.15, 0.2) is 4.34 Å². The molecular weight excluding hydrogens is 825 g/mol. The number of aromatic nitrogens is 2. The quantitative estimate of drug-likeness (QED) is 0.0240. The van der Waals surface area contributed by atoms with E-state index in [9.17, 15) is 66.6 Å². The lowest BCUT2D eigenvalue weighted by molar-refractivity contribution is -0.143. The molecule has 1 aromatic heterocycles. The molecule has 1 rings (SSSR count). The molecular formula is C29H44N10O15S3. The molecule has 0 saturated carbocycles. The van der Waals surface area contributed by atoms with Crippen molar-refractivity contribution >= 4 is 98.4 Å². The van der Waals surface area contributed by atoms with Gasteiger partial charge in [-0.2, -0.15) is 12.6 Å². The topological polar surface area (TPSA) is 402 Å². The van der Waals surface area contributed by atoms with Gasteiger partial charge in [0.2, 0.25) is 50.8 Å². The lowest BCUT2D eigenvalue weighted by atomic mass is 10.1. The highest BCUT2D eigenvalue weighted by Gasteiger charge is 2.31. The molecule has 1 aromatic rings. The van der Waals surface area contributed by atoms with E-state index in [0.29, 0.717) is 24.2 Å². The summed E-state index contributed by atoms with van der Waals surface area (Å²) in [6.45, 7) is 2.49. The fourth-order valence-corrected chi connectivity index (χ4v) is 5.86. The highest BCUT2D eigenvalue weighted by molar-refractivity contribution is 7.91. The normalized spacial score (nSPS) is 13.6. The van der Waals surface area contributed by atoms with Gasteiger partial charge in [-0.1, -0.05) is 17.8 Å². The van der Waals surface area contributed by atoms with Crippen molar-refractivity contribution in [1.82, 2.24) is 42.1 Å². The van der Waals surface area contributed by atoms with Crippen molar-refractivity contribution in [3.8, 4) is 0 Å². The Kier molecular flexibility index (Phi) is 21.0. The number of unbranched alkanes of at least 4 members (excludes halogenated alkanes) is 2. The van der Waals surface area contributed by atoms with Gasteiger partial charge < -0.3 is 52.5 Å². The second-order valence-corrected chi connectivity index (χ2v) is 15.1. The molecule has 12 N–H and O–H groups in total. The van der Waals surface area contributed by atoms with E-state index in [2.05, 4.69) is 60.0 Å². The molecule has 57 heavy (non-hydrogen) atoms. The van der Waals surface area contributed by atoms with E-state index < -0.39 is 117 Å². The molecule has 0 aliphatic heterocycles. The molecule has 0 radical (unpaired) electrons. The van der Waals surface area contributed by atoms with Gasteiger partial charge in [0.15, 0.2) is 0 Å². The van der Waals surface area contributed by atoms with E-state index in [1.807, 2.05) is 0 Å². The zero-order chi connectivity index (χ0) is 43.5. The van der Waals surface area contributed by atoms with Gasteiger partial charge >= 0.3 is 17.9 Å². The molecule has 25 nitrogen and oxygen atoms in total. The number of rotatable bonds is 26. The van der Waals surface area contributed by atoms with Crippen LogP contribution in [-0.2, 0) is 58.0 Å². The summed E-state index contributed by atoms with van der Waals surface area (Å²) in [6.07, 6.45) is -1.36. The van der Waals surface area contributed by atoms with Crippen molar-refractivity contribution < 1.29 is 71.7 Å². The van der Waals surface area contributed by atoms with Crippen LogP contribution in [0.5, 0.6) is 0 Å². The molecule has 7 amide bonds. The van der Waals surface area contributed by atoms with Crippen LogP contribution in [0.2, 0.25) is 0 Å². The number of carboxylic acid groups (broad SMARTS) is 3. The van der Waals surface area contributed by atoms with Crippen LogP contribution in [0.3, 0.4) is 0 Å². The van der Waals surface area contributed by atoms with Crippen LogP contribution in [-0.4, -0.2) is 136 Å². The summed E-state index contributed by atoms with van der Waals surface area (Å²) in [5.74, 6) is -10.7. The number of amides is 7. The molecule has 318 valence electrons. The van der Waals surface area contributed by atoms with Crippen LogP contribution in [0.1, 0.15) is 65.2 Å². The average Bonchev–Trinajstić information content (AvgIpc) is 3.59. The standard InChI is InChI=1S/C29H44N10O15S3/c1-13(23(47)35-16(11-22(45)46)26(50)33-14(2)24(48)36-17(12-55)27(51)52)32-25(49)15(10-21(43)44)34-19(41)6-4-3-5-9-31-18(40)7-8-20(42)37-28-38-39-29(56-28)57(30,53)54/h13-17,55H,3-12H2,1-2H3,(H,31,40)(H,32,49)(H,33,50)(H,34,41)(H,35,47)(H,36,48)(H,43,44)(H,45,46)(H,51,52)(H2,30,53,54)(H,37,38,42)/t13-,14-,15-,16-,17-/m0/s1. The van der Waals surface area contributed by atoms with Crippen molar-refractivity contribution in [2.75, 3.05) is 17.6 Å². The maximum Gasteiger partial charge on any atom is 0.327 e. The van der Waals surface area contributed by atoms with E-state index in [4.69, 9.17) is 10.2 Å². The first kappa shape index (κ1) is 49.5. The first-order valence-electron chi connectivity index (χ1n) is 16.7. The first-order valence-corrected chi connectivity index (χ1v) is 19.7. The van der Waals surface area contributed by atoms with Gasteiger partial charge in [0.1, 0.15) is 30.2 Å². The SMILES string of the molecule is C[C@H](NC(=O)[C@H](CC(=O)O)NC(=O)CCCCCNC(=O)CCC(=O)Nc1nnc(S(N)(=O)=O)s1)C(=O)N[C@@H](CC(=O)O)C(=O)N[C@@H](C)C(=O)N[C@@H](CS)C(=O)O. The molecule has 0 aromatic carbocycles. The lowest BCUT2D eigenvalue weighted by Gasteiger charge is -2.24. The third-order valence-electron chi connectivity index (χ3n) is 7.22. The largest absolute Gasteiger partial charge is 0.481 e. The maximum atomic E-state index is 12.9. The Morgan fingerprint density at radius 1 is 0.667 bits per heavy atom. The zero-order valence-electron chi connectivity index (χ0n) is 30.4. The molecule has 0 unspecified atom stereocenters. The number of sulfonamides is 1. The van der Waals surface area contributed by atoms with E-state index >= 15 is 0 Å². The van der Waals surface area contributed by atoms with Crippen molar-refractivity contribution in [2.24, 2.45) is 5.14 Å². The number of nitrogens with one attached hydrogen (secondary N) is 7. The van der Waals surface area contributed by atoms with Gasteiger partial charge in [0.25, 0.3) is 10.0 Å².